The van der Waals surface area contributed by atoms with Crippen LogP contribution in [0.2, 0.25) is 0 Å². The number of nitrogens with zero attached hydrogens (tertiary/aromatic N) is 2. The van der Waals surface area contributed by atoms with Crippen LogP contribution in [0.15, 0.2) is 16.9 Å². The van der Waals surface area contributed by atoms with Gasteiger partial charge in [-0.2, -0.15) is 0 Å². The highest BCUT2D eigenvalue weighted by Crippen LogP contribution is 2.05. The van der Waals surface area contributed by atoms with Gasteiger partial charge in [-0.3, -0.25) is 0 Å². The van der Waals surface area contributed by atoms with Crippen molar-refractivity contribution in [2.24, 2.45) is 5.73 Å². The summed E-state index contributed by atoms with van der Waals surface area (Å²) in [6, 6.07) is 0.220. The Kier molecular flexibility index (Phi) is 3.62. The summed E-state index contributed by atoms with van der Waals surface area (Å²) in [5, 5.41) is 0. The molecule has 0 aliphatic heterocycles. The Morgan fingerprint density at radius 2 is 2.08 bits per heavy atom. The molecule has 1 aromatic heterocycles. The van der Waals surface area contributed by atoms with Crippen molar-refractivity contribution in [1.82, 2.24) is 9.97 Å². The average Bonchev–Trinajstić information content (AvgIpc) is 2.03. The molecule has 1 aromatic rings. The van der Waals surface area contributed by atoms with E-state index in [0.717, 1.165) is 23.1 Å². The Balaban J connectivity index is 2.48. The molecule has 0 bridgehead atoms. The lowest BCUT2D eigenvalue weighted by Gasteiger charge is -2.02. The minimum absolute atomic E-state index is 0.220. The highest BCUT2D eigenvalue weighted by atomic mass is 79.9. The van der Waals surface area contributed by atoms with Crippen LogP contribution >= 0.6 is 15.9 Å². The maximum absolute atomic E-state index is 5.61. The summed E-state index contributed by atoms with van der Waals surface area (Å²) in [4.78, 5) is 8.27. The molecule has 1 rings (SSSR count). The first-order valence-electron chi connectivity index (χ1n) is 3.90. The van der Waals surface area contributed by atoms with E-state index in [4.69, 9.17) is 5.73 Å². The molecule has 3 nitrogen and oxygen atoms in total. The van der Waals surface area contributed by atoms with Crippen molar-refractivity contribution in [1.29, 1.82) is 0 Å². The van der Waals surface area contributed by atoms with Crippen molar-refractivity contribution < 1.29 is 0 Å². The molecule has 0 radical (unpaired) electrons. The molecule has 1 atom stereocenters. The molecule has 0 saturated carbocycles. The van der Waals surface area contributed by atoms with Crippen molar-refractivity contribution in [3.63, 3.8) is 0 Å². The smallest absolute Gasteiger partial charge is 0.128 e. The van der Waals surface area contributed by atoms with E-state index in [9.17, 15) is 0 Å². The van der Waals surface area contributed by atoms with E-state index in [2.05, 4.69) is 25.9 Å². The molecule has 0 spiro atoms. The average molecular weight is 230 g/mol. The Morgan fingerprint density at radius 1 is 1.50 bits per heavy atom. The fourth-order valence-corrected chi connectivity index (χ4v) is 1.03. The fraction of sp³-hybridized carbons (Fsp3) is 0.500. The molecular weight excluding hydrogens is 218 g/mol. The molecule has 0 saturated heterocycles. The van der Waals surface area contributed by atoms with Crippen LogP contribution in [-0.2, 0) is 6.42 Å². The van der Waals surface area contributed by atoms with Gasteiger partial charge in [0.1, 0.15) is 5.82 Å². The van der Waals surface area contributed by atoms with Gasteiger partial charge in [-0.15, -0.1) is 0 Å². The summed E-state index contributed by atoms with van der Waals surface area (Å²) >= 11 is 3.28. The van der Waals surface area contributed by atoms with Crippen molar-refractivity contribution in [2.75, 3.05) is 0 Å². The van der Waals surface area contributed by atoms with E-state index < -0.39 is 0 Å². The zero-order valence-corrected chi connectivity index (χ0v) is 8.58. The van der Waals surface area contributed by atoms with Crippen LogP contribution in [0.1, 0.15) is 19.2 Å². The largest absolute Gasteiger partial charge is 0.328 e. The van der Waals surface area contributed by atoms with Gasteiger partial charge in [0, 0.05) is 24.9 Å². The highest BCUT2D eigenvalue weighted by Gasteiger charge is 1.98. The number of hydrogen-bond donors (Lipinski definition) is 1. The van der Waals surface area contributed by atoms with Crippen LogP contribution in [0.5, 0.6) is 0 Å². The molecule has 0 fully saturated rings. The molecule has 0 aliphatic carbocycles. The van der Waals surface area contributed by atoms with Crippen LogP contribution in [-0.4, -0.2) is 16.0 Å². The summed E-state index contributed by atoms with van der Waals surface area (Å²) < 4.78 is 0.909. The monoisotopic (exact) mass is 229 g/mol. The van der Waals surface area contributed by atoms with E-state index in [0.29, 0.717) is 0 Å². The second kappa shape index (κ2) is 4.52. The normalized spacial score (nSPS) is 12.9. The van der Waals surface area contributed by atoms with Crippen molar-refractivity contribution in [2.45, 2.75) is 25.8 Å². The van der Waals surface area contributed by atoms with Crippen molar-refractivity contribution in [3.8, 4) is 0 Å². The molecule has 0 aromatic carbocycles. The van der Waals surface area contributed by atoms with Gasteiger partial charge in [0.25, 0.3) is 0 Å². The molecule has 0 unspecified atom stereocenters. The first-order valence-corrected chi connectivity index (χ1v) is 4.70. The molecule has 0 aliphatic rings. The second-order valence-electron chi connectivity index (χ2n) is 2.83. The minimum Gasteiger partial charge on any atom is -0.328 e. The van der Waals surface area contributed by atoms with E-state index in [1.54, 1.807) is 12.4 Å². The van der Waals surface area contributed by atoms with Crippen molar-refractivity contribution in [3.05, 3.63) is 22.7 Å². The second-order valence-corrected chi connectivity index (χ2v) is 3.75. The van der Waals surface area contributed by atoms with Crippen LogP contribution in [0.4, 0.5) is 0 Å². The fourth-order valence-electron chi connectivity index (χ4n) is 0.825. The minimum atomic E-state index is 0.220. The third-order valence-electron chi connectivity index (χ3n) is 1.50. The van der Waals surface area contributed by atoms with E-state index >= 15 is 0 Å². The maximum atomic E-state index is 5.61. The van der Waals surface area contributed by atoms with Gasteiger partial charge in [0.05, 0.1) is 4.47 Å². The Labute approximate surface area is 80.5 Å². The molecule has 2 N–H and O–H groups in total. The van der Waals surface area contributed by atoms with Crippen LogP contribution in [0.25, 0.3) is 0 Å². The number of rotatable bonds is 3. The summed E-state index contributed by atoms with van der Waals surface area (Å²) in [5.41, 5.74) is 5.61. The standard InChI is InChI=1S/C8H12BrN3/c1-6(10)2-3-8-11-4-7(9)5-12-8/h4-6H,2-3,10H2,1H3/t6-/m0/s1. The van der Waals surface area contributed by atoms with Gasteiger partial charge in [-0.1, -0.05) is 0 Å². The SMILES string of the molecule is C[C@H](N)CCc1ncc(Br)cn1. The summed E-state index contributed by atoms with van der Waals surface area (Å²) in [6.07, 6.45) is 5.29. The lowest BCUT2D eigenvalue weighted by atomic mass is 10.2. The molecule has 12 heavy (non-hydrogen) atoms. The van der Waals surface area contributed by atoms with E-state index in [1.807, 2.05) is 6.92 Å². The number of hydrogen-bond acceptors (Lipinski definition) is 3. The van der Waals surface area contributed by atoms with Crippen LogP contribution in [0, 0.1) is 0 Å². The Morgan fingerprint density at radius 3 is 2.58 bits per heavy atom. The third-order valence-corrected chi connectivity index (χ3v) is 1.91. The number of halogens is 1. The molecule has 1 heterocycles. The molecule has 0 amide bonds. The van der Waals surface area contributed by atoms with Gasteiger partial charge in [-0.25, -0.2) is 9.97 Å². The van der Waals surface area contributed by atoms with Crippen LogP contribution in [0.3, 0.4) is 0 Å². The molecule has 66 valence electrons. The van der Waals surface area contributed by atoms with Gasteiger partial charge < -0.3 is 5.73 Å². The van der Waals surface area contributed by atoms with Crippen LogP contribution < -0.4 is 5.73 Å². The maximum Gasteiger partial charge on any atom is 0.128 e. The number of aryl methyl sites for hydroxylation is 1. The van der Waals surface area contributed by atoms with Gasteiger partial charge in [0.15, 0.2) is 0 Å². The van der Waals surface area contributed by atoms with Gasteiger partial charge in [0.2, 0.25) is 0 Å². The lowest BCUT2D eigenvalue weighted by Crippen LogP contribution is -2.16. The van der Waals surface area contributed by atoms with Crippen molar-refractivity contribution >= 4 is 15.9 Å². The van der Waals surface area contributed by atoms with E-state index in [-0.39, 0.29) is 6.04 Å². The summed E-state index contributed by atoms with van der Waals surface area (Å²) in [5.74, 6) is 0.857. The lowest BCUT2D eigenvalue weighted by molar-refractivity contribution is 0.647. The third kappa shape index (κ3) is 3.28. The molecular formula is C8H12BrN3. The topological polar surface area (TPSA) is 51.8 Å². The first-order chi connectivity index (χ1) is 5.68. The predicted octanol–water partition coefficient (Wildman–Crippen LogP) is 1.52. The summed E-state index contributed by atoms with van der Waals surface area (Å²) in [7, 11) is 0. The Hall–Kier alpha value is -0.480. The quantitative estimate of drug-likeness (QED) is 0.856. The first kappa shape index (κ1) is 9.61. The zero-order valence-electron chi connectivity index (χ0n) is 7.00. The van der Waals surface area contributed by atoms with E-state index in [1.165, 1.54) is 0 Å². The number of aromatic nitrogens is 2. The predicted molar refractivity (Wildman–Crippen MR) is 51.7 cm³/mol. The van der Waals surface area contributed by atoms with Gasteiger partial charge >= 0.3 is 0 Å². The summed E-state index contributed by atoms with van der Waals surface area (Å²) in [6.45, 7) is 1.98. The molecule has 4 heteroatoms. The Bertz CT molecular complexity index is 233. The highest BCUT2D eigenvalue weighted by molar-refractivity contribution is 9.10. The zero-order chi connectivity index (χ0) is 8.97. The van der Waals surface area contributed by atoms with Gasteiger partial charge in [-0.05, 0) is 29.3 Å². The number of nitrogens with two attached hydrogens (primary N) is 1.